The van der Waals surface area contributed by atoms with Crippen LogP contribution in [0.25, 0.3) is 0 Å². The number of rotatable bonds is 12. The fourth-order valence-corrected chi connectivity index (χ4v) is 11.0. The fraction of sp³-hybridized carbons (Fsp3) is 0.900. The molecule has 8 nitrogen and oxygen atoms in total. The molecule has 2 amide bonds. The first kappa shape index (κ1) is 27.2. The van der Waals surface area contributed by atoms with Crippen molar-refractivity contribution in [2.45, 2.75) is 52.8 Å². The molecule has 0 radical (unpaired) electrons. The van der Waals surface area contributed by atoms with E-state index in [1.807, 2.05) is 13.8 Å². The summed E-state index contributed by atoms with van der Waals surface area (Å²) in [6.07, 6.45) is 1.71. The van der Waals surface area contributed by atoms with Crippen molar-refractivity contribution in [2.24, 2.45) is 29.4 Å². The van der Waals surface area contributed by atoms with E-state index < -0.39 is 17.3 Å². The highest BCUT2D eigenvalue weighted by Crippen LogP contribution is 2.36. The molecule has 0 bridgehead atoms. The number of carbonyl (C=O) groups excluding carboxylic acids is 2. The molecule has 1 heterocycles. The van der Waals surface area contributed by atoms with Gasteiger partial charge < -0.3 is 28.2 Å². The van der Waals surface area contributed by atoms with Gasteiger partial charge in [0.05, 0.1) is 27.2 Å². The van der Waals surface area contributed by atoms with Gasteiger partial charge in [0.2, 0.25) is 11.8 Å². The zero-order valence-electron chi connectivity index (χ0n) is 20.4. The number of likely N-dealkylation sites (tertiary alicyclic amines) is 1. The van der Waals surface area contributed by atoms with Crippen molar-refractivity contribution in [1.29, 1.82) is 0 Å². The molecule has 1 fully saturated rings. The van der Waals surface area contributed by atoms with E-state index in [4.69, 9.17) is 18.7 Å². The van der Waals surface area contributed by atoms with E-state index in [0.717, 1.165) is 30.0 Å². The maximum absolute atomic E-state index is 13.3. The zero-order valence-corrected chi connectivity index (χ0v) is 22.4. The molecule has 0 aromatic heterocycles. The van der Waals surface area contributed by atoms with Crippen molar-refractivity contribution in [3.05, 3.63) is 0 Å². The van der Waals surface area contributed by atoms with Crippen LogP contribution in [0.5, 0.6) is 0 Å². The molecule has 4 unspecified atom stereocenters. The smallest absolute Gasteiger partial charge is 0.399 e. The molecule has 1 saturated heterocycles. The van der Waals surface area contributed by atoms with E-state index in [1.54, 1.807) is 0 Å². The topological polar surface area (TPSA) is 99.9 Å². The SMILES string of the molecule is CCC[Si](C)(C)O[Si](NC(=O)C(C)C1C[N+](C)(C)CC1CC(C)C(N)=O)(OC)OC. The van der Waals surface area contributed by atoms with Gasteiger partial charge in [-0.3, -0.25) is 9.59 Å². The molecule has 0 aliphatic carbocycles. The first-order valence-corrected chi connectivity index (χ1v) is 15.8. The summed E-state index contributed by atoms with van der Waals surface area (Å²) in [6.45, 7) is 12.0. The van der Waals surface area contributed by atoms with Crippen LogP contribution in [0.2, 0.25) is 19.1 Å². The van der Waals surface area contributed by atoms with Crippen molar-refractivity contribution in [3.8, 4) is 0 Å². The highest BCUT2D eigenvalue weighted by molar-refractivity contribution is 6.80. The maximum atomic E-state index is 13.3. The summed E-state index contributed by atoms with van der Waals surface area (Å²) in [5, 5.41) is 0. The third kappa shape index (κ3) is 7.42. The molecule has 30 heavy (non-hydrogen) atoms. The van der Waals surface area contributed by atoms with Gasteiger partial charge in [0.1, 0.15) is 0 Å². The monoisotopic (exact) mass is 462 g/mol. The highest BCUT2D eigenvalue weighted by Gasteiger charge is 2.51. The second kappa shape index (κ2) is 10.7. The van der Waals surface area contributed by atoms with Crippen LogP contribution >= 0.6 is 0 Å². The molecule has 4 atom stereocenters. The number of primary amides is 1. The van der Waals surface area contributed by atoms with Gasteiger partial charge in [-0.25, -0.2) is 0 Å². The molecule has 0 saturated carbocycles. The second-order valence-electron chi connectivity index (χ2n) is 10.1. The van der Waals surface area contributed by atoms with Crippen molar-refractivity contribution in [2.75, 3.05) is 41.4 Å². The Hall–Kier alpha value is -0.786. The first-order valence-electron chi connectivity index (χ1n) is 10.9. The molecule has 1 aliphatic heterocycles. The number of nitrogens with one attached hydrogen (secondary N) is 1. The lowest BCUT2D eigenvalue weighted by Gasteiger charge is -2.35. The average molecular weight is 463 g/mol. The van der Waals surface area contributed by atoms with Gasteiger partial charge in [0.15, 0.2) is 8.32 Å². The molecule has 1 rings (SSSR count). The highest BCUT2D eigenvalue weighted by atomic mass is 28.5. The van der Waals surface area contributed by atoms with Crippen LogP contribution in [0.1, 0.15) is 33.6 Å². The van der Waals surface area contributed by atoms with E-state index in [-0.39, 0.29) is 35.5 Å². The van der Waals surface area contributed by atoms with E-state index in [0.29, 0.717) is 6.42 Å². The van der Waals surface area contributed by atoms with Crippen LogP contribution in [0.15, 0.2) is 0 Å². The Morgan fingerprint density at radius 1 is 1.17 bits per heavy atom. The molecule has 0 aromatic rings. The zero-order chi connectivity index (χ0) is 23.3. The Labute approximate surface area is 185 Å². The quantitative estimate of drug-likeness (QED) is 0.341. The molecule has 0 spiro atoms. The third-order valence-electron chi connectivity index (χ3n) is 6.31. The van der Waals surface area contributed by atoms with Crippen molar-refractivity contribution < 1.29 is 27.0 Å². The Morgan fingerprint density at radius 3 is 2.20 bits per heavy atom. The van der Waals surface area contributed by atoms with E-state index >= 15 is 0 Å². The van der Waals surface area contributed by atoms with Crippen LogP contribution in [0.3, 0.4) is 0 Å². The Balaban J connectivity index is 2.99. The van der Waals surface area contributed by atoms with Gasteiger partial charge in [0.25, 0.3) is 0 Å². The normalized spacial score (nSPS) is 23.8. The summed E-state index contributed by atoms with van der Waals surface area (Å²) in [5.74, 6) is -0.479. The van der Waals surface area contributed by atoms with Gasteiger partial charge in [-0.15, -0.1) is 0 Å². The predicted octanol–water partition coefficient (Wildman–Crippen LogP) is 1.93. The van der Waals surface area contributed by atoms with Gasteiger partial charge in [-0.1, -0.05) is 27.2 Å². The molecule has 0 aromatic carbocycles. The summed E-state index contributed by atoms with van der Waals surface area (Å²) in [6, 6.07) is 0.960. The number of nitrogens with zero attached hydrogens (tertiary/aromatic N) is 1. The summed E-state index contributed by atoms with van der Waals surface area (Å²) >= 11 is 0. The lowest BCUT2D eigenvalue weighted by molar-refractivity contribution is -0.880. The van der Waals surface area contributed by atoms with Gasteiger partial charge >= 0.3 is 8.97 Å². The third-order valence-corrected chi connectivity index (χ3v) is 12.9. The van der Waals surface area contributed by atoms with Gasteiger partial charge in [-0.2, -0.15) is 0 Å². The number of amides is 2. The number of carbonyl (C=O) groups is 2. The Kier molecular flexibility index (Phi) is 9.71. The lowest BCUT2D eigenvalue weighted by atomic mass is 9.80. The van der Waals surface area contributed by atoms with E-state index in [2.05, 4.69) is 39.1 Å². The summed E-state index contributed by atoms with van der Waals surface area (Å²) in [5.41, 5.74) is 5.50. The molecule has 1 aliphatic rings. The van der Waals surface area contributed by atoms with Crippen LogP contribution < -0.4 is 10.7 Å². The van der Waals surface area contributed by atoms with Crippen LogP contribution in [0, 0.1) is 23.7 Å². The molecule has 3 N–H and O–H groups in total. The van der Waals surface area contributed by atoms with Crippen molar-refractivity contribution in [1.82, 2.24) is 4.98 Å². The average Bonchev–Trinajstić information content (AvgIpc) is 2.93. The predicted molar refractivity (Wildman–Crippen MR) is 123 cm³/mol. The minimum absolute atomic E-state index is 0.115. The molecule has 176 valence electrons. The van der Waals surface area contributed by atoms with E-state index in [9.17, 15) is 9.59 Å². The largest absolute Gasteiger partial charge is 0.622 e. The fourth-order valence-electron chi connectivity index (χ4n) is 4.72. The summed E-state index contributed by atoms with van der Waals surface area (Å²) in [4.78, 5) is 27.9. The number of nitrogens with two attached hydrogens (primary N) is 1. The van der Waals surface area contributed by atoms with E-state index in [1.165, 1.54) is 14.2 Å². The second-order valence-corrected chi connectivity index (χ2v) is 17.1. The van der Waals surface area contributed by atoms with Crippen molar-refractivity contribution >= 4 is 29.1 Å². The first-order chi connectivity index (χ1) is 13.7. The van der Waals surface area contributed by atoms with Crippen LogP contribution in [-0.4, -0.2) is 75.0 Å². The Bertz CT molecular complexity index is 599. The number of hydrogen-bond acceptors (Lipinski definition) is 5. The van der Waals surface area contributed by atoms with Crippen LogP contribution in [0.4, 0.5) is 0 Å². The van der Waals surface area contributed by atoms with Gasteiger partial charge in [0, 0.05) is 37.9 Å². The summed E-state index contributed by atoms with van der Waals surface area (Å²) in [7, 11) is 2.03. The maximum Gasteiger partial charge on any atom is 0.622 e. The Morgan fingerprint density at radius 2 is 1.73 bits per heavy atom. The minimum Gasteiger partial charge on any atom is -0.399 e. The summed E-state index contributed by atoms with van der Waals surface area (Å²) < 4.78 is 18.5. The number of hydrogen-bond donors (Lipinski definition) is 2. The van der Waals surface area contributed by atoms with Crippen LogP contribution in [-0.2, 0) is 22.6 Å². The standard InChI is InChI=1S/C20H43N3O5Si2/c1-10-11-29(8,9)28-30(26-6,27-7)22-20(25)16(3)18-14-23(4,5)13-17(18)12-15(2)19(21)24/h15-18H,10-14H2,1-9H3,(H2-,21,22,24,25)/p+1. The molecular formula is C20H44N3O5Si2+. The lowest BCUT2D eigenvalue weighted by Crippen LogP contribution is -2.65. The molecular weight excluding hydrogens is 418 g/mol. The van der Waals surface area contributed by atoms with Gasteiger partial charge in [-0.05, 0) is 25.6 Å². The minimum atomic E-state index is -3.32. The van der Waals surface area contributed by atoms with Crippen molar-refractivity contribution in [3.63, 3.8) is 0 Å². The number of quaternary nitrogens is 1. The molecule has 10 heteroatoms.